The lowest BCUT2D eigenvalue weighted by Crippen LogP contribution is -2.44. The molecule has 42 heavy (non-hydrogen) atoms. The van der Waals surface area contributed by atoms with E-state index in [0.29, 0.717) is 33.2 Å². The minimum absolute atomic E-state index is 0.239. The molecule has 9 nitrogen and oxygen atoms in total. The third-order valence-electron chi connectivity index (χ3n) is 6.79. The topological polar surface area (TPSA) is 98.3 Å². The quantitative estimate of drug-likeness (QED) is 0.226. The van der Waals surface area contributed by atoms with E-state index in [0.717, 1.165) is 49.1 Å². The number of thiazole rings is 1. The summed E-state index contributed by atoms with van der Waals surface area (Å²) in [5, 5.41) is 9.31. The number of hydrogen-bond acceptors (Lipinski definition) is 9. The predicted molar refractivity (Wildman–Crippen MR) is 159 cm³/mol. The van der Waals surface area contributed by atoms with Crippen LogP contribution in [0.3, 0.4) is 0 Å². The molecule has 0 bridgehead atoms. The average molecular weight is 597 g/mol. The maximum atomic E-state index is 14.0. The minimum Gasteiger partial charge on any atom is -0.340 e. The van der Waals surface area contributed by atoms with Gasteiger partial charge < -0.3 is 20.9 Å². The fourth-order valence-corrected chi connectivity index (χ4v) is 5.24. The van der Waals surface area contributed by atoms with Gasteiger partial charge in [-0.05, 0) is 50.7 Å². The van der Waals surface area contributed by atoms with Gasteiger partial charge in [0, 0.05) is 50.2 Å². The van der Waals surface area contributed by atoms with Crippen LogP contribution in [0.1, 0.15) is 32.2 Å². The van der Waals surface area contributed by atoms with E-state index in [1.807, 2.05) is 43.1 Å². The molecule has 1 aliphatic heterocycles. The Kier molecular flexibility index (Phi) is 8.71. The molecular formula is C29H31F3N8OS. The first-order chi connectivity index (χ1) is 20.0. The molecule has 3 N–H and O–H groups in total. The number of hydrogen-bond donors (Lipinski definition) is 3. The standard InChI is InChI=1S/C29H31F3N8OS/c1-18-4-7-21(8-5-18)37-27(41)24-16-33-28(42-24)38-26-15-25(34-19(2)35-26)36-22-9-6-20(23(14-22)29(30,31)32)17-40-12-10-39(3)11-13-40/h4-9,14-16H,10-13,17H2,1-3H3,(H,37,41)(H2,33,34,35,36,38). The van der Waals surface area contributed by atoms with E-state index in [1.54, 1.807) is 19.1 Å². The van der Waals surface area contributed by atoms with Crippen LogP contribution in [0.2, 0.25) is 0 Å². The van der Waals surface area contributed by atoms with Crippen molar-refractivity contribution in [1.29, 1.82) is 0 Å². The van der Waals surface area contributed by atoms with Crippen molar-refractivity contribution in [3.63, 3.8) is 0 Å². The van der Waals surface area contributed by atoms with Crippen LogP contribution in [0.25, 0.3) is 0 Å². The first-order valence-electron chi connectivity index (χ1n) is 13.4. The highest BCUT2D eigenvalue weighted by molar-refractivity contribution is 7.17. The first kappa shape index (κ1) is 29.4. The molecule has 13 heteroatoms. The second kappa shape index (κ2) is 12.4. The summed E-state index contributed by atoms with van der Waals surface area (Å²) in [6.45, 7) is 6.99. The zero-order valence-corrected chi connectivity index (χ0v) is 24.2. The molecule has 3 heterocycles. The number of piperazine rings is 1. The van der Waals surface area contributed by atoms with Crippen LogP contribution in [0.5, 0.6) is 0 Å². The molecule has 0 aliphatic carbocycles. The summed E-state index contributed by atoms with van der Waals surface area (Å²) in [6.07, 6.45) is -3.03. The van der Waals surface area contributed by atoms with Gasteiger partial charge in [0.05, 0.1) is 11.8 Å². The highest BCUT2D eigenvalue weighted by Crippen LogP contribution is 2.35. The highest BCUT2D eigenvalue weighted by atomic mass is 32.1. The van der Waals surface area contributed by atoms with Gasteiger partial charge in [0.2, 0.25) is 0 Å². The van der Waals surface area contributed by atoms with E-state index < -0.39 is 11.7 Å². The molecule has 1 amide bonds. The Labute approximate surface area is 245 Å². The van der Waals surface area contributed by atoms with Crippen molar-refractivity contribution < 1.29 is 18.0 Å². The van der Waals surface area contributed by atoms with E-state index in [2.05, 4.69) is 35.8 Å². The van der Waals surface area contributed by atoms with Crippen molar-refractivity contribution >= 4 is 45.4 Å². The molecule has 220 valence electrons. The molecule has 1 saturated heterocycles. The fourth-order valence-electron chi connectivity index (χ4n) is 4.52. The molecule has 2 aromatic heterocycles. The normalized spacial score (nSPS) is 14.5. The molecule has 4 aromatic rings. The Hall–Kier alpha value is -4.07. The number of aromatic nitrogens is 3. The summed E-state index contributed by atoms with van der Waals surface area (Å²) >= 11 is 1.15. The van der Waals surface area contributed by atoms with Gasteiger partial charge in [0.15, 0.2) is 5.13 Å². The molecule has 0 atom stereocenters. The number of halogens is 3. The number of amides is 1. The molecule has 0 radical (unpaired) electrons. The van der Waals surface area contributed by atoms with Crippen LogP contribution in [-0.2, 0) is 12.7 Å². The van der Waals surface area contributed by atoms with E-state index >= 15 is 0 Å². The Morgan fingerprint density at radius 3 is 2.29 bits per heavy atom. The highest BCUT2D eigenvalue weighted by Gasteiger charge is 2.34. The van der Waals surface area contributed by atoms with E-state index in [4.69, 9.17) is 0 Å². The van der Waals surface area contributed by atoms with Crippen LogP contribution in [0.15, 0.2) is 54.7 Å². The molecular weight excluding hydrogens is 565 g/mol. The largest absolute Gasteiger partial charge is 0.416 e. The van der Waals surface area contributed by atoms with Gasteiger partial charge in [-0.3, -0.25) is 9.69 Å². The van der Waals surface area contributed by atoms with Crippen molar-refractivity contribution in [2.24, 2.45) is 0 Å². The van der Waals surface area contributed by atoms with Gasteiger partial charge >= 0.3 is 6.18 Å². The maximum Gasteiger partial charge on any atom is 0.416 e. The minimum atomic E-state index is -4.50. The summed E-state index contributed by atoms with van der Waals surface area (Å²) in [4.78, 5) is 30.2. The van der Waals surface area contributed by atoms with Crippen molar-refractivity contribution in [2.75, 3.05) is 49.2 Å². The third kappa shape index (κ3) is 7.60. The number of nitrogens with zero attached hydrogens (tertiary/aromatic N) is 5. The van der Waals surface area contributed by atoms with E-state index in [9.17, 15) is 18.0 Å². The molecule has 0 saturated carbocycles. The zero-order valence-electron chi connectivity index (χ0n) is 23.4. The molecule has 0 spiro atoms. The second-order valence-corrected chi connectivity index (χ2v) is 11.3. The van der Waals surface area contributed by atoms with Gasteiger partial charge in [0.25, 0.3) is 5.91 Å². The Bertz CT molecular complexity index is 1550. The number of carbonyl (C=O) groups excluding carboxylic acids is 1. The first-order valence-corrected chi connectivity index (χ1v) is 14.2. The van der Waals surface area contributed by atoms with Crippen molar-refractivity contribution in [2.45, 2.75) is 26.6 Å². The number of rotatable bonds is 8. The van der Waals surface area contributed by atoms with Crippen LogP contribution in [0, 0.1) is 13.8 Å². The van der Waals surface area contributed by atoms with Gasteiger partial charge in [0.1, 0.15) is 22.3 Å². The zero-order chi connectivity index (χ0) is 29.9. The summed E-state index contributed by atoms with van der Waals surface area (Å²) in [7, 11) is 2.01. The number of benzene rings is 2. The average Bonchev–Trinajstić information content (AvgIpc) is 3.40. The monoisotopic (exact) mass is 596 g/mol. The summed E-state index contributed by atoms with van der Waals surface area (Å²) in [5.41, 5.74) is 1.60. The van der Waals surface area contributed by atoms with Crippen molar-refractivity contribution in [3.05, 3.63) is 82.1 Å². The number of alkyl halides is 3. The van der Waals surface area contributed by atoms with Crippen LogP contribution < -0.4 is 16.0 Å². The van der Waals surface area contributed by atoms with Crippen LogP contribution in [0.4, 0.5) is 41.3 Å². The third-order valence-corrected chi connectivity index (χ3v) is 7.70. The van der Waals surface area contributed by atoms with Crippen LogP contribution >= 0.6 is 11.3 Å². The molecule has 1 fully saturated rings. The second-order valence-electron chi connectivity index (χ2n) is 10.2. The number of carbonyl (C=O) groups is 1. The molecule has 0 unspecified atom stereocenters. The van der Waals surface area contributed by atoms with Crippen molar-refractivity contribution in [3.8, 4) is 0 Å². The maximum absolute atomic E-state index is 14.0. The SMILES string of the molecule is Cc1ccc(NC(=O)c2cnc(Nc3cc(Nc4ccc(CN5CCN(C)CC5)c(C(F)(F)F)c4)nc(C)n3)s2)cc1. The number of aryl methyl sites for hydroxylation is 2. The number of anilines is 5. The molecule has 5 rings (SSSR count). The van der Waals surface area contributed by atoms with Gasteiger partial charge in [-0.2, -0.15) is 13.2 Å². The van der Waals surface area contributed by atoms with E-state index in [-0.39, 0.29) is 23.7 Å². The summed E-state index contributed by atoms with van der Waals surface area (Å²) in [5.74, 6) is 0.813. The van der Waals surface area contributed by atoms with Gasteiger partial charge in [-0.1, -0.05) is 35.1 Å². The Balaban J connectivity index is 1.28. The summed E-state index contributed by atoms with van der Waals surface area (Å²) in [6, 6.07) is 13.3. The van der Waals surface area contributed by atoms with E-state index in [1.165, 1.54) is 12.3 Å². The molecule has 1 aliphatic rings. The fraction of sp³-hybridized carbons (Fsp3) is 0.310. The predicted octanol–water partition coefficient (Wildman–Crippen LogP) is 6.06. The Morgan fingerprint density at radius 1 is 0.929 bits per heavy atom. The smallest absolute Gasteiger partial charge is 0.340 e. The van der Waals surface area contributed by atoms with Gasteiger partial charge in [-0.15, -0.1) is 0 Å². The number of likely N-dealkylation sites (N-methyl/N-ethyl adjacent to an activating group) is 1. The lowest BCUT2D eigenvalue weighted by atomic mass is 10.0. The lowest BCUT2D eigenvalue weighted by molar-refractivity contribution is -0.138. The number of nitrogens with one attached hydrogen (secondary N) is 3. The van der Waals surface area contributed by atoms with Crippen LogP contribution in [-0.4, -0.2) is 63.9 Å². The summed E-state index contributed by atoms with van der Waals surface area (Å²) < 4.78 is 42.1. The molecule has 2 aromatic carbocycles. The lowest BCUT2D eigenvalue weighted by Gasteiger charge is -2.33. The van der Waals surface area contributed by atoms with Gasteiger partial charge in [-0.25, -0.2) is 15.0 Å². The Morgan fingerprint density at radius 2 is 1.60 bits per heavy atom. The van der Waals surface area contributed by atoms with Crippen molar-refractivity contribution in [1.82, 2.24) is 24.8 Å².